The third-order valence-corrected chi connectivity index (χ3v) is 8.45. The molecule has 2 saturated heterocycles. The van der Waals surface area contributed by atoms with Crippen molar-refractivity contribution < 1.29 is 27.5 Å². The number of halogens is 1. The fourth-order valence-electron chi connectivity index (χ4n) is 4.34. The average molecular weight is 485 g/mol. The Kier molecular flexibility index (Phi) is 6.44. The first-order valence-electron chi connectivity index (χ1n) is 10.5. The lowest BCUT2D eigenvalue weighted by Crippen LogP contribution is -2.44. The number of ether oxygens (including phenoxy) is 1. The van der Waals surface area contributed by atoms with Crippen molar-refractivity contribution in [3.05, 3.63) is 23.2 Å². The van der Waals surface area contributed by atoms with Gasteiger partial charge in [-0.25, -0.2) is 13.2 Å². The summed E-state index contributed by atoms with van der Waals surface area (Å²) < 4.78 is 32.3. The topological polar surface area (TPSA) is 125 Å². The first-order chi connectivity index (χ1) is 15.2. The molecule has 0 atom stereocenters. The number of nitrogens with one attached hydrogen (secondary N) is 2. The van der Waals surface area contributed by atoms with Crippen LogP contribution in [-0.4, -0.2) is 73.9 Å². The van der Waals surface area contributed by atoms with E-state index in [1.54, 1.807) is 0 Å². The van der Waals surface area contributed by atoms with E-state index in [-0.39, 0.29) is 47.6 Å². The van der Waals surface area contributed by atoms with Gasteiger partial charge in [-0.3, -0.25) is 14.5 Å². The van der Waals surface area contributed by atoms with Crippen molar-refractivity contribution in [3.8, 4) is 0 Å². The third kappa shape index (κ3) is 4.34. The van der Waals surface area contributed by atoms with Gasteiger partial charge in [-0.05, 0) is 31.0 Å². The van der Waals surface area contributed by atoms with E-state index in [1.807, 2.05) is 0 Å². The number of urea groups is 1. The predicted molar refractivity (Wildman–Crippen MR) is 116 cm³/mol. The number of carbonyl (C=O) groups is 3. The van der Waals surface area contributed by atoms with Gasteiger partial charge in [-0.2, -0.15) is 4.31 Å². The molecule has 2 N–H and O–H groups in total. The van der Waals surface area contributed by atoms with Crippen LogP contribution >= 0.6 is 11.6 Å². The molecule has 0 aromatic heterocycles. The molecule has 2 heterocycles. The van der Waals surface area contributed by atoms with Gasteiger partial charge in [-0.1, -0.05) is 24.4 Å². The molecule has 0 unspecified atom stereocenters. The molecule has 10 nitrogen and oxygen atoms in total. The Morgan fingerprint density at radius 2 is 1.88 bits per heavy atom. The van der Waals surface area contributed by atoms with Gasteiger partial charge in [-0.15, -0.1) is 0 Å². The zero-order chi connectivity index (χ0) is 22.9. The van der Waals surface area contributed by atoms with Crippen molar-refractivity contribution in [1.82, 2.24) is 14.5 Å². The number of imide groups is 1. The maximum Gasteiger partial charge on any atom is 0.325 e. The van der Waals surface area contributed by atoms with Crippen LogP contribution in [0, 0.1) is 0 Å². The van der Waals surface area contributed by atoms with Crippen LogP contribution in [0.2, 0.25) is 5.02 Å². The summed E-state index contributed by atoms with van der Waals surface area (Å²) >= 11 is 6.14. The highest BCUT2D eigenvalue weighted by molar-refractivity contribution is 7.89. The number of hydrogen-bond acceptors (Lipinski definition) is 6. The lowest BCUT2D eigenvalue weighted by atomic mass is 9.98. The van der Waals surface area contributed by atoms with Crippen molar-refractivity contribution in [2.24, 2.45) is 0 Å². The monoisotopic (exact) mass is 484 g/mol. The van der Waals surface area contributed by atoms with Crippen molar-refractivity contribution >= 4 is 45.2 Å². The Balaban J connectivity index is 1.40. The fourth-order valence-corrected chi connectivity index (χ4v) is 6.25. The van der Waals surface area contributed by atoms with Crippen LogP contribution in [0.1, 0.15) is 32.1 Å². The SMILES string of the molecule is O=C(CCN1C(=O)NC2(CCCC2)C1=O)Nc1ccc(Cl)c(S(=O)(=O)N2CCOCC2)c1. The minimum atomic E-state index is -3.84. The lowest BCUT2D eigenvalue weighted by molar-refractivity contribution is -0.131. The molecule has 174 valence electrons. The fraction of sp³-hybridized carbons (Fsp3) is 0.550. The van der Waals surface area contributed by atoms with Crippen molar-refractivity contribution in [2.45, 2.75) is 42.5 Å². The van der Waals surface area contributed by atoms with Crippen molar-refractivity contribution in [2.75, 3.05) is 38.2 Å². The summed E-state index contributed by atoms with van der Waals surface area (Å²) in [5.41, 5.74) is -0.553. The molecule has 3 aliphatic rings. The maximum atomic E-state index is 12.9. The number of morpholine rings is 1. The minimum absolute atomic E-state index is 0.0508. The van der Waals surface area contributed by atoms with Crippen LogP contribution in [0.15, 0.2) is 23.1 Å². The van der Waals surface area contributed by atoms with Crippen LogP contribution in [0.3, 0.4) is 0 Å². The van der Waals surface area contributed by atoms with Crippen molar-refractivity contribution in [1.29, 1.82) is 0 Å². The zero-order valence-corrected chi connectivity index (χ0v) is 19.0. The van der Waals surface area contributed by atoms with Crippen molar-refractivity contribution in [3.63, 3.8) is 0 Å². The highest BCUT2D eigenvalue weighted by Crippen LogP contribution is 2.35. The van der Waals surface area contributed by atoms with E-state index < -0.39 is 27.5 Å². The third-order valence-electron chi connectivity index (χ3n) is 6.07. The number of nitrogens with zero attached hydrogens (tertiary/aromatic N) is 2. The summed E-state index contributed by atoms with van der Waals surface area (Å²) in [4.78, 5) is 38.3. The summed E-state index contributed by atoms with van der Waals surface area (Å²) in [7, 11) is -3.84. The van der Waals surface area contributed by atoms with Crippen LogP contribution in [0.25, 0.3) is 0 Å². The molecule has 3 fully saturated rings. The molecule has 12 heteroatoms. The molecule has 32 heavy (non-hydrogen) atoms. The lowest BCUT2D eigenvalue weighted by Gasteiger charge is -2.26. The van der Waals surface area contributed by atoms with E-state index in [0.717, 1.165) is 17.7 Å². The molecule has 1 aromatic rings. The van der Waals surface area contributed by atoms with Crippen LogP contribution in [0.4, 0.5) is 10.5 Å². The number of rotatable bonds is 6. The smallest absolute Gasteiger partial charge is 0.325 e. The van der Waals surface area contributed by atoms with Gasteiger partial charge in [0.25, 0.3) is 5.91 Å². The number of hydrogen-bond donors (Lipinski definition) is 2. The average Bonchev–Trinajstić information content (AvgIpc) is 3.33. The van der Waals surface area contributed by atoms with E-state index in [4.69, 9.17) is 16.3 Å². The largest absolute Gasteiger partial charge is 0.379 e. The van der Waals surface area contributed by atoms with Gasteiger partial charge in [0, 0.05) is 31.7 Å². The molecule has 4 amide bonds. The molecule has 2 aliphatic heterocycles. The Morgan fingerprint density at radius 1 is 1.19 bits per heavy atom. The molecular weight excluding hydrogens is 460 g/mol. The Hall–Kier alpha value is -2.21. The first kappa shape index (κ1) is 23.0. The molecule has 1 spiro atoms. The van der Waals surface area contributed by atoms with E-state index in [1.165, 1.54) is 22.5 Å². The number of amides is 4. The van der Waals surface area contributed by atoms with E-state index in [9.17, 15) is 22.8 Å². The quantitative estimate of drug-likeness (QED) is 0.590. The second kappa shape index (κ2) is 8.97. The number of anilines is 1. The Bertz CT molecular complexity index is 1030. The molecule has 1 saturated carbocycles. The number of benzene rings is 1. The van der Waals surface area contributed by atoms with Gasteiger partial charge >= 0.3 is 6.03 Å². The highest BCUT2D eigenvalue weighted by atomic mass is 35.5. The molecule has 1 aromatic carbocycles. The van der Waals surface area contributed by atoms with Gasteiger partial charge in [0.05, 0.1) is 18.2 Å². The van der Waals surface area contributed by atoms with Gasteiger partial charge in [0.2, 0.25) is 15.9 Å². The van der Waals surface area contributed by atoms with E-state index >= 15 is 0 Å². The van der Waals surface area contributed by atoms with Gasteiger partial charge in [0.15, 0.2) is 0 Å². The summed E-state index contributed by atoms with van der Waals surface area (Å²) in [5.74, 6) is -0.729. The Morgan fingerprint density at radius 3 is 2.56 bits per heavy atom. The number of carbonyl (C=O) groups excluding carboxylic acids is 3. The highest BCUT2D eigenvalue weighted by Gasteiger charge is 2.52. The maximum absolute atomic E-state index is 12.9. The van der Waals surface area contributed by atoms with Gasteiger partial charge in [0.1, 0.15) is 10.4 Å². The van der Waals surface area contributed by atoms with E-state index in [0.29, 0.717) is 26.1 Å². The van der Waals surface area contributed by atoms with Gasteiger partial charge < -0.3 is 15.4 Å². The summed E-state index contributed by atoms with van der Waals surface area (Å²) in [6, 6.07) is 3.74. The molecular formula is C20H25ClN4O6S. The van der Waals surface area contributed by atoms with Crippen LogP contribution < -0.4 is 10.6 Å². The molecule has 0 radical (unpaired) electrons. The Labute approximate surface area is 191 Å². The van der Waals surface area contributed by atoms with Crippen LogP contribution in [0.5, 0.6) is 0 Å². The second-order valence-corrected chi connectivity index (χ2v) is 10.4. The minimum Gasteiger partial charge on any atom is -0.379 e. The molecule has 4 rings (SSSR count). The second-order valence-electron chi connectivity index (χ2n) is 8.14. The predicted octanol–water partition coefficient (Wildman–Crippen LogP) is 1.55. The van der Waals surface area contributed by atoms with Crippen LogP contribution in [-0.2, 0) is 24.3 Å². The zero-order valence-electron chi connectivity index (χ0n) is 17.4. The van der Waals surface area contributed by atoms with E-state index in [2.05, 4.69) is 10.6 Å². The molecule has 1 aliphatic carbocycles. The number of sulfonamides is 1. The first-order valence-corrected chi connectivity index (χ1v) is 12.4. The molecule has 0 bridgehead atoms. The summed E-state index contributed by atoms with van der Waals surface area (Å²) in [6.07, 6.45) is 2.89. The standard InChI is InChI=1S/C20H25ClN4O6S/c21-15-4-3-14(13-16(15)32(29,30)24-9-11-31-12-10-24)22-17(26)5-8-25-18(27)20(23-19(25)28)6-1-2-7-20/h3-4,13H,1-2,5-12H2,(H,22,26)(H,23,28). The summed E-state index contributed by atoms with van der Waals surface area (Å²) in [5, 5.41) is 5.45. The summed E-state index contributed by atoms with van der Waals surface area (Å²) in [6.45, 7) is 1.00. The normalized spacial score (nSPS) is 21.2.